The summed E-state index contributed by atoms with van der Waals surface area (Å²) in [5.41, 5.74) is 12.8. The first-order chi connectivity index (χ1) is 15.4. The Labute approximate surface area is 187 Å². The number of hydrogen-bond donors (Lipinski definition) is 3. The van der Waals surface area contributed by atoms with Crippen LogP contribution in [0.5, 0.6) is 0 Å². The van der Waals surface area contributed by atoms with E-state index in [1.807, 2.05) is 60.7 Å². The molecule has 3 aromatic carbocycles. The normalized spacial score (nSPS) is 16.1. The van der Waals surface area contributed by atoms with Crippen LogP contribution < -0.4 is 10.9 Å². The van der Waals surface area contributed by atoms with Gasteiger partial charge in [0.25, 0.3) is 0 Å². The van der Waals surface area contributed by atoms with Crippen molar-refractivity contribution < 1.29 is 14.3 Å². The summed E-state index contributed by atoms with van der Waals surface area (Å²) in [5, 5.41) is 8.89. The number of anilines is 1. The number of halogens is 1. The van der Waals surface area contributed by atoms with Gasteiger partial charge in [-0.15, -0.1) is 0 Å². The highest BCUT2D eigenvalue weighted by atomic mass is 19.1. The molecule has 0 saturated carbocycles. The summed E-state index contributed by atoms with van der Waals surface area (Å²) in [6, 6.07) is 23.8. The molecule has 3 aromatic rings. The number of fused-ring (bicyclic) bond motifs is 1. The Kier molecular flexibility index (Phi) is 6.19. The molecule has 0 aliphatic carbocycles. The second kappa shape index (κ2) is 9.20. The van der Waals surface area contributed by atoms with Crippen LogP contribution in [0.4, 0.5) is 10.1 Å². The molecule has 3 N–H and O–H groups in total. The molecule has 4 nitrogen and oxygen atoms in total. The molecule has 0 bridgehead atoms. The van der Waals surface area contributed by atoms with Crippen molar-refractivity contribution in [2.45, 2.75) is 20.1 Å². The molecule has 1 aliphatic rings. The number of carbonyl (C=O) groups is 1. The molecule has 1 unspecified atom stereocenters. The van der Waals surface area contributed by atoms with Crippen molar-refractivity contribution in [2.24, 2.45) is 5.92 Å². The maximum absolute atomic E-state index is 14.4. The highest BCUT2D eigenvalue weighted by Gasteiger charge is 2.23. The number of aliphatic carboxylic acids is 1. The van der Waals surface area contributed by atoms with Gasteiger partial charge in [-0.05, 0) is 57.5 Å². The molecule has 1 heterocycles. The van der Waals surface area contributed by atoms with Crippen LogP contribution in [0, 0.1) is 5.92 Å². The first-order valence-corrected chi connectivity index (χ1v) is 10.5. The molecule has 4 rings (SSSR count). The van der Waals surface area contributed by atoms with E-state index in [-0.39, 0.29) is 5.92 Å². The fourth-order valence-electron chi connectivity index (χ4n) is 4.05. The molecule has 32 heavy (non-hydrogen) atoms. The number of hydrogen-bond acceptors (Lipinski definition) is 3. The van der Waals surface area contributed by atoms with Crippen molar-refractivity contribution in [3.8, 4) is 0 Å². The van der Waals surface area contributed by atoms with Gasteiger partial charge in [0.15, 0.2) is 6.30 Å². The van der Waals surface area contributed by atoms with E-state index >= 15 is 0 Å². The average molecular weight is 429 g/mol. The maximum atomic E-state index is 14.4. The van der Waals surface area contributed by atoms with Gasteiger partial charge >= 0.3 is 5.97 Å². The van der Waals surface area contributed by atoms with E-state index in [1.165, 1.54) is 0 Å². The number of benzene rings is 3. The number of carboxylic acids is 1. The van der Waals surface area contributed by atoms with Crippen LogP contribution in [0.25, 0.3) is 17.2 Å². The van der Waals surface area contributed by atoms with Gasteiger partial charge in [-0.1, -0.05) is 74.5 Å². The fourth-order valence-corrected chi connectivity index (χ4v) is 4.05. The van der Waals surface area contributed by atoms with Crippen LogP contribution >= 0.6 is 0 Å². The van der Waals surface area contributed by atoms with Gasteiger partial charge in [-0.3, -0.25) is 0 Å². The Morgan fingerprint density at radius 1 is 0.969 bits per heavy atom. The zero-order valence-corrected chi connectivity index (χ0v) is 18.0. The topological polar surface area (TPSA) is 61.4 Å². The molecule has 0 aromatic heterocycles. The summed E-state index contributed by atoms with van der Waals surface area (Å²) >= 11 is 0. The minimum Gasteiger partial charge on any atom is -0.478 e. The average Bonchev–Trinajstić information content (AvgIpc) is 3.17. The van der Waals surface area contributed by atoms with Crippen LogP contribution in [-0.2, 0) is 4.79 Å². The standard InChI is InChI=1S/C27H25FN2O2/c1-17(2)25(19-6-4-3-5-7-19)26(20-11-8-18(9-12-20)10-15-24(31)32)21-13-14-23-22(16-21)27(28)30-29-23/h3-17,27,29-30H,1-2H3,(H,31,32)/b15-10+,26-25+. The molecule has 0 radical (unpaired) electrons. The van der Waals surface area contributed by atoms with E-state index in [4.69, 9.17) is 5.11 Å². The third-order valence-electron chi connectivity index (χ3n) is 5.50. The minimum absolute atomic E-state index is 0.213. The van der Waals surface area contributed by atoms with Crippen LogP contribution in [0.15, 0.2) is 78.9 Å². The largest absolute Gasteiger partial charge is 0.478 e. The van der Waals surface area contributed by atoms with Crippen molar-refractivity contribution in [3.63, 3.8) is 0 Å². The highest BCUT2D eigenvalue weighted by molar-refractivity contribution is 5.99. The summed E-state index contributed by atoms with van der Waals surface area (Å²) < 4.78 is 14.4. The molecule has 5 heteroatoms. The van der Waals surface area contributed by atoms with Gasteiger partial charge < -0.3 is 10.5 Å². The maximum Gasteiger partial charge on any atom is 0.328 e. The summed E-state index contributed by atoms with van der Waals surface area (Å²) in [6.45, 7) is 4.31. The van der Waals surface area contributed by atoms with Gasteiger partial charge in [0.1, 0.15) is 0 Å². The van der Waals surface area contributed by atoms with Crippen molar-refractivity contribution in [1.29, 1.82) is 0 Å². The Bertz CT molecular complexity index is 1180. The van der Waals surface area contributed by atoms with E-state index in [1.54, 1.807) is 6.08 Å². The summed E-state index contributed by atoms with van der Waals surface area (Å²) in [7, 11) is 0. The van der Waals surface area contributed by atoms with Crippen LogP contribution in [0.2, 0.25) is 0 Å². The Balaban J connectivity index is 1.91. The molecule has 0 fully saturated rings. The lowest BCUT2D eigenvalue weighted by Crippen LogP contribution is -2.14. The third kappa shape index (κ3) is 4.48. The quantitative estimate of drug-likeness (QED) is 0.245. The molecular formula is C27H25FN2O2. The number of rotatable bonds is 6. The lowest BCUT2D eigenvalue weighted by atomic mass is 9.83. The first kappa shape index (κ1) is 21.5. The van der Waals surface area contributed by atoms with Gasteiger partial charge in [0.05, 0.1) is 5.69 Å². The highest BCUT2D eigenvalue weighted by Crippen LogP contribution is 2.39. The van der Waals surface area contributed by atoms with E-state index in [0.717, 1.165) is 45.2 Å². The van der Waals surface area contributed by atoms with E-state index < -0.39 is 12.3 Å². The second-order valence-electron chi connectivity index (χ2n) is 8.04. The second-order valence-corrected chi connectivity index (χ2v) is 8.04. The Hall–Kier alpha value is -3.70. The summed E-state index contributed by atoms with van der Waals surface area (Å²) in [4.78, 5) is 10.8. The number of alkyl halides is 1. The third-order valence-corrected chi connectivity index (χ3v) is 5.50. The van der Waals surface area contributed by atoms with Gasteiger partial charge in [-0.2, -0.15) is 0 Å². The van der Waals surface area contributed by atoms with Crippen molar-refractivity contribution in [3.05, 3.63) is 107 Å². The monoisotopic (exact) mass is 428 g/mol. The lowest BCUT2D eigenvalue weighted by Gasteiger charge is -2.21. The van der Waals surface area contributed by atoms with E-state index in [9.17, 15) is 9.18 Å². The zero-order chi connectivity index (χ0) is 22.7. The number of hydrazine groups is 1. The molecule has 162 valence electrons. The minimum atomic E-state index is -1.27. The van der Waals surface area contributed by atoms with Crippen LogP contribution in [0.1, 0.15) is 48.0 Å². The number of nitrogens with one attached hydrogen (secondary N) is 2. The smallest absolute Gasteiger partial charge is 0.328 e. The molecule has 1 aliphatic heterocycles. The van der Waals surface area contributed by atoms with Crippen molar-refractivity contribution in [2.75, 3.05) is 5.43 Å². The summed E-state index contributed by atoms with van der Waals surface area (Å²) in [5.74, 6) is -0.772. The molecular weight excluding hydrogens is 403 g/mol. The SMILES string of the molecule is CC(C)/C(=C(/c1ccc(/C=C/C(=O)O)cc1)c1ccc2c(c1)C(F)NN2)c1ccccc1. The van der Waals surface area contributed by atoms with Crippen LogP contribution in [0.3, 0.4) is 0 Å². The van der Waals surface area contributed by atoms with Crippen molar-refractivity contribution >= 4 is 28.9 Å². The van der Waals surface area contributed by atoms with Gasteiger partial charge in [-0.25, -0.2) is 14.6 Å². The molecule has 0 spiro atoms. The number of allylic oxidation sites excluding steroid dienone is 1. The lowest BCUT2D eigenvalue weighted by molar-refractivity contribution is -0.131. The van der Waals surface area contributed by atoms with Crippen molar-refractivity contribution in [1.82, 2.24) is 5.43 Å². The molecule has 0 amide bonds. The van der Waals surface area contributed by atoms with Gasteiger partial charge in [0, 0.05) is 11.6 Å². The Morgan fingerprint density at radius 2 is 1.66 bits per heavy atom. The van der Waals surface area contributed by atoms with Gasteiger partial charge in [0.2, 0.25) is 0 Å². The first-order valence-electron chi connectivity index (χ1n) is 10.5. The molecule has 1 atom stereocenters. The zero-order valence-electron chi connectivity index (χ0n) is 18.0. The Morgan fingerprint density at radius 3 is 2.31 bits per heavy atom. The fraction of sp³-hybridized carbons (Fsp3) is 0.148. The predicted molar refractivity (Wildman–Crippen MR) is 127 cm³/mol. The van der Waals surface area contributed by atoms with Crippen LogP contribution in [-0.4, -0.2) is 11.1 Å². The predicted octanol–water partition coefficient (Wildman–Crippen LogP) is 6.30. The summed E-state index contributed by atoms with van der Waals surface area (Å²) in [6.07, 6.45) is 1.42. The van der Waals surface area contributed by atoms with E-state index in [2.05, 4.69) is 36.8 Å². The molecule has 0 saturated heterocycles. The van der Waals surface area contributed by atoms with E-state index in [0.29, 0.717) is 5.56 Å². The number of carboxylic acid groups (broad SMARTS) is 1.